The Kier molecular flexibility index (Phi) is 8.71. The summed E-state index contributed by atoms with van der Waals surface area (Å²) in [6.45, 7) is 5.96. The fourth-order valence-electron chi connectivity index (χ4n) is 4.93. The maximum Gasteiger partial charge on any atom is 0.335 e. The third-order valence-electron chi connectivity index (χ3n) is 7.28. The summed E-state index contributed by atoms with van der Waals surface area (Å²) in [5, 5.41) is 25.8. The number of hydrogen-bond acceptors (Lipinski definition) is 8. The fourth-order valence-corrected chi connectivity index (χ4v) is 4.93. The first kappa shape index (κ1) is 30.6. The minimum absolute atomic E-state index is 0.00841. The molecule has 0 atom stereocenters. The second kappa shape index (κ2) is 12.8. The van der Waals surface area contributed by atoms with Crippen LogP contribution < -0.4 is 15.0 Å². The number of ether oxygens (including phenoxy) is 2. The van der Waals surface area contributed by atoms with Gasteiger partial charge in [0.15, 0.2) is 5.82 Å². The number of carboxylic acids is 1. The molecule has 1 N–H and O–H groups in total. The van der Waals surface area contributed by atoms with Crippen LogP contribution in [0.2, 0.25) is 0 Å². The summed E-state index contributed by atoms with van der Waals surface area (Å²) < 4.78 is 12.7. The Morgan fingerprint density at radius 1 is 1.07 bits per heavy atom. The first-order chi connectivity index (χ1) is 21.6. The molecule has 0 amide bonds. The summed E-state index contributed by atoms with van der Waals surface area (Å²) in [4.78, 5) is 41.1. The van der Waals surface area contributed by atoms with Gasteiger partial charge < -0.3 is 14.6 Å². The molecule has 11 heteroatoms. The smallest absolute Gasteiger partial charge is 0.335 e. The molecule has 0 radical (unpaired) electrons. The van der Waals surface area contributed by atoms with Gasteiger partial charge in [-0.2, -0.15) is 9.78 Å². The fraction of sp³-hybridized carbons (Fsp3) is 0.176. The monoisotopic (exact) mass is 606 g/mol. The van der Waals surface area contributed by atoms with Crippen LogP contribution in [0.4, 0.5) is 5.69 Å². The van der Waals surface area contributed by atoms with Crippen LogP contribution in [0.3, 0.4) is 0 Å². The first-order valence-corrected chi connectivity index (χ1v) is 14.1. The number of hydrogen-bond donors (Lipinski definition) is 1. The number of aromatic carboxylic acids is 1. The molecule has 0 unspecified atom stereocenters. The lowest BCUT2D eigenvalue weighted by atomic mass is 9.96. The van der Waals surface area contributed by atoms with Crippen molar-refractivity contribution >= 4 is 28.8 Å². The van der Waals surface area contributed by atoms with E-state index in [4.69, 9.17) is 14.5 Å². The van der Waals surface area contributed by atoms with Crippen molar-refractivity contribution in [3.05, 3.63) is 127 Å². The van der Waals surface area contributed by atoms with E-state index in [1.54, 1.807) is 43.5 Å². The number of benzene rings is 4. The molecule has 0 bridgehead atoms. The van der Waals surface area contributed by atoms with Crippen LogP contribution in [0.1, 0.15) is 52.4 Å². The van der Waals surface area contributed by atoms with Gasteiger partial charge in [-0.05, 0) is 72.0 Å². The van der Waals surface area contributed by atoms with Crippen molar-refractivity contribution in [3.63, 3.8) is 0 Å². The number of nitro benzene ring substituents is 1. The second-order valence-corrected chi connectivity index (χ2v) is 10.7. The minimum Gasteiger partial charge on any atom is -0.496 e. The molecule has 0 saturated heterocycles. The number of rotatable bonds is 10. The molecule has 4 aromatic carbocycles. The third-order valence-corrected chi connectivity index (χ3v) is 7.28. The summed E-state index contributed by atoms with van der Waals surface area (Å²) in [6, 6.07) is 21.1. The molecule has 0 aliphatic rings. The van der Waals surface area contributed by atoms with Crippen molar-refractivity contribution in [1.82, 2.24) is 9.66 Å². The second-order valence-electron chi connectivity index (χ2n) is 10.7. The maximum atomic E-state index is 13.9. The van der Waals surface area contributed by atoms with Crippen molar-refractivity contribution in [2.45, 2.75) is 33.3 Å². The normalized spacial score (nSPS) is 11.3. The molecule has 5 rings (SSSR count). The Balaban J connectivity index is 1.64. The molecule has 0 fully saturated rings. The van der Waals surface area contributed by atoms with Crippen molar-refractivity contribution in [2.24, 2.45) is 5.10 Å². The largest absolute Gasteiger partial charge is 0.496 e. The maximum absolute atomic E-state index is 13.9. The summed E-state index contributed by atoms with van der Waals surface area (Å²) >= 11 is 0. The van der Waals surface area contributed by atoms with E-state index in [9.17, 15) is 24.8 Å². The minimum atomic E-state index is -1.07. The van der Waals surface area contributed by atoms with E-state index in [-0.39, 0.29) is 40.9 Å². The number of nitro groups is 1. The van der Waals surface area contributed by atoms with Gasteiger partial charge in [-0.1, -0.05) is 38.1 Å². The van der Waals surface area contributed by atoms with Gasteiger partial charge in [-0.25, -0.2) is 9.78 Å². The Morgan fingerprint density at radius 3 is 2.56 bits per heavy atom. The number of methoxy groups -OCH3 is 1. The molecular weight excluding hydrogens is 576 g/mol. The van der Waals surface area contributed by atoms with E-state index in [0.717, 1.165) is 16.9 Å². The van der Waals surface area contributed by atoms with Gasteiger partial charge in [0.25, 0.3) is 11.2 Å². The van der Waals surface area contributed by atoms with Crippen LogP contribution in [0, 0.1) is 17.0 Å². The highest BCUT2D eigenvalue weighted by Crippen LogP contribution is 2.34. The zero-order valence-electron chi connectivity index (χ0n) is 25.1. The van der Waals surface area contributed by atoms with E-state index in [1.165, 1.54) is 41.2 Å². The van der Waals surface area contributed by atoms with Crippen LogP contribution in [0.5, 0.6) is 11.5 Å². The van der Waals surface area contributed by atoms with E-state index in [2.05, 4.69) is 5.10 Å². The molecule has 45 heavy (non-hydrogen) atoms. The number of fused-ring (bicyclic) bond motifs is 1. The predicted molar refractivity (Wildman–Crippen MR) is 171 cm³/mol. The third kappa shape index (κ3) is 6.42. The number of carbonyl (C=O) groups is 1. The number of non-ortho nitro benzene ring substituents is 1. The molecule has 5 aromatic rings. The molecule has 0 aliphatic carbocycles. The van der Waals surface area contributed by atoms with Gasteiger partial charge >= 0.3 is 5.97 Å². The van der Waals surface area contributed by atoms with Crippen LogP contribution in [-0.2, 0) is 6.61 Å². The Bertz CT molecular complexity index is 2030. The topological polar surface area (TPSA) is 146 Å². The predicted octanol–water partition coefficient (Wildman–Crippen LogP) is 6.57. The van der Waals surface area contributed by atoms with E-state index >= 15 is 0 Å². The van der Waals surface area contributed by atoms with Crippen LogP contribution in [0.25, 0.3) is 22.3 Å². The SMILES string of the molecule is COc1cc(C)c(-c2nc3ccccc3c(=O)n2N=Cc2cc([N+](=O)[O-])ccc2OCc2cccc(C(=O)O)c2)cc1C(C)C. The van der Waals surface area contributed by atoms with Crippen molar-refractivity contribution in [1.29, 1.82) is 0 Å². The molecule has 11 nitrogen and oxygen atoms in total. The lowest BCUT2D eigenvalue weighted by Crippen LogP contribution is -2.21. The first-order valence-electron chi connectivity index (χ1n) is 14.1. The summed E-state index contributed by atoms with van der Waals surface area (Å²) in [5.74, 6) is 0.297. The molecule has 0 spiro atoms. The lowest BCUT2D eigenvalue weighted by Gasteiger charge is -2.17. The summed E-state index contributed by atoms with van der Waals surface area (Å²) in [5.41, 5.74) is 3.21. The van der Waals surface area contributed by atoms with Gasteiger partial charge in [-0.3, -0.25) is 14.9 Å². The van der Waals surface area contributed by atoms with E-state index in [0.29, 0.717) is 22.0 Å². The van der Waals surface area contributed by atoms with Crippen molar-refractivity contribution < 1.29 is 24.3 Å². The molecule has 228 valence electrons. The van der Waals surface area contributed by atoms with E-state index < -0.39 is 16.5 Å². The molecule has 0 saturated carbocycles. The van der Waals surface area contributed by atoms with Crippen LogP contribution in [0.15, 0.2) is 88.8 Å². The average Bonchev–Trinajstić information content (AvgIpc) is 3.03. The van der Waals surface area contributed by atoms with Gasteiger partial charge in [0.2, 0.25) is 0 Å². The molecule has 1 aromatic heterocycles. The quantitative estimate of drug-likeness (QED) is 0.107. The van der Waals surface area contributed by atoms with Gasteiger partial charge in [-0.15, -0.1) is 0 Å². The Labute approximate surface area is 258 Å². The average molecular weight is 607 g/mol. The van der Waals surface area contributed by atoms with Crippen molar-refractivity contribution in [3.8, 4) is 22.9 Å². The van der Waals surface area contributed by atoms with E-state index in [1.807, 2.05) is 32.9 Å². The van der Waals surface area contributed by atoms with Crippen LogP contribution >= 0.6 is 0 Å². The number of aryl methyl sites for hydroxylation is 1. The number of nitrogens with zero attached hydrogens (tertiary/aromatic N) is 4. The van der Waals surface area contributed by atoms with Gasteiger partial charge in [0.1, 0.15) is 18.1 Å². The van der Waals surface area contributed by atoms with Gasteiger partial charge in [0, 0.05) is 23.3 Å². The lowest BCUT2D eigenvalue weighted by molar-refractivity contribution is -0.384. The molecule has 1 heterocycles. The highest BCUT2D eigenvalue weighted by molar-refractivity contribution is 5.88. The Hall–Kier alpha value is -5.84. The van der Waals surface area contributed by atoms with Crippen LogP contribution in [-0.4, -0.2) is 39.0 Å². The highest BCUT2D eigenvalue weighted by atomic mass is 16.6. The number of carboxylic acid groups (broad SMARTS) is 1. The zero-order valence-corrected chi connectivity index (χ0v) is 25.1. The highest BCUT2D eigenvalue weighted by Gasteiger charge is 2.19. The van der Waals surface area contributed by atoms with Gasteiger partial charge in [0.05, 0.1) is 34.7 Å². The summed E-state index contributed by atoms with van der Waals surface area (Å²) in [6.07, 6.45) is 1.32. The summed E-state index contributed by atoms with van der Waals surface area (Å²) in [7, 11) is 1.61. The standard InChI is InChI=1S/C34H30N4O7/c1-20(2)27-17-28(21(3)14-31(27)44-4)32-36-29-11-6-5-10-26(29)33(39)37(32)35-18-24-16-25(38(42)43)12-13-30(24)45-19-22-8-7-9-23(15-22)34(40)41/h5-18,20H,19H2,1-4H3,(H,40,41). The number of aromatic nitrogens is 2. The number of para-hydroxylation sites is 1. The zero-order chi connectivity index (χ0) is 32.2. The molecular formula is C34H30N4O7. The molecule has 0 aliphatic heterocycles. The Morgan fingerprint density at radius 2 is 1.84 bits per heavy atom. The van der Waals surface area contributed by atoms with Crippen molar-refractivity contribution in [2.75, 3.05) is 7.11 Å².